The predicted molar refractivity (Wildman–Crippen MR) is 170 cm³/mol. The average molecular weight is 720 g/mol. The first-order valence-electron chi connectivity index (χ1n) is 15.2. The summed E-state index contributed by atoms with van der Waals surface area (Å²) >= 11 is 0. The molecule has 1 saturated heterocycles. The van der Waals surface area contributed by atoms with E-state index in [9.17, 15) is 40.0 Å². The Bertz CT molecular complexity index is 2010. The van der Waals surface area contributed by atoms with Crippen LogP contribution < -0.4 is 10.4 Å². The Labute approximate surface area is 284 Å². The number of halogens is 6. The molecule has 1 fully saturated rings. The highest BCUT2D eigenvalue weighted by atomic mass is 32.2. The van der Waals surface area contributed by atoms with Crippen LogP contribution in [-0.2, 0) is 38.2 Å². The smallest absolute Gasteiger partial charge is 0.274 e. The van der Waals surface area contributed by atoms with Crippen molar-refractivity contribution >= 4 is 27.5 Å². The first kappa shape index (κ1) is 36.5. The fraction of sp³-hybridized carbons (Fsp3) is 0.257. The number of amides is 2. The van der Waals surface area contributed by atoms with Crippen LogP contribution in [0.4, 0.5) is 32.0 Å². The maximum absolute atomic E-state index is 15.8. The van der Waals surface area contributed by atoms with E-state index >= 15 is 4.39 Å². The van der Waals surface area contributed by atoms with Crippen molar-refractivity contribution in [2.24, 2.45) is 0 Å². The second-order valence-corrected chi connectivity index (χ2v) is 14.4. The highest BCUT2D eigenvalue weighted by Crippen LogP contribution is 2.35. The molecule has 50 heavy (non-hydrogen) atoms. The number of hydroxylamine groups is 1. The standard InChI is InChI=1S/C35H31F6N3O5S/c1-35(2,3)23-12-9-20(10-13-23)18-43(25-14-11-22(17-24(25)36)33(45)42-49-19-21-7-5-4-6-8-21)34(46)26-15-16-44(26)50(47,48)32-30(40)28(38)27(37)29(39)31(32)41/h4-14,17,26H,15-16,18-19H2,1-3H3,(H,42,45). The Morgan fingerprint density at radius 1 is 0.840 bits per heavy atom. The van der Waals surface area contributed by atoms with Gasteiger partial charge < -0.3 is 4.90 Å². The van der Waals surface area contributed by atoms with Crippen molar-refractivity contribution in [3.8, 4) is 0 Å². The van der Waals surface area contributed by atoms with Gasteiger partial charge in [0.25, 0.3) is 5.91 Å². The van der Waals surface area contributed by atoms with Gasteiger partial charge in [0.05, 0.1) is 18.8 Å². The summed E-state index contributed by atoms with van der Waals surface area (Å²) in [6.07, 6.45) is -0.214. The number of carbonyl (C=O) groups is 2. The number of benzene rings is 4. The van der Waals surface area contributed by atoms with Crippen LogP contribution in [0.25, 0.3) is 0 Å². The molecule has 8 nitrogen and oxygen atoms in total. The molecule has 0 aromatic heterocycles. The summed E-state index contributed by atoms with van der Waals surface area (Å²) in [6, 6.07) is 17.3. The van der Waals surface area contributed by atoms with Gasteiger partial charge in [0, 0.05) is 12.1 Å². The maximum Gasteiger partial charge on any atom is 0.274 e. The molecule has 1 unspecified atom stereocenters. The van der Waals surface area contributed by atoms with E-state index in [-0.39, 0.29) is 36.2 Å². The normalized spacial score (nSPS) is 15.0. The first-order valence-corrected chi connectivity index (χ1v) is 16.7. The lowest BCUT2D eigenvalue weighted by Crippen LogP contribution is -2.59. The number of hydrogen-bond acceptors (Lipinski definition) is 5. The summed E-state index contributed by atoms with van der Waals surface area (Å²) < 4.78 is 113. The van der Waals surface area contributed by atoms with Gasteiger partial charge in [-0.2, -0.15) is 4.31 Å². The molecular formula is C35H31F6N3O5S. The third-order valence-corrected chi connectivity index (χ3v) is 10.1. The topological polar surface area (TPSA) is 96.0 Å². The van der Waals surface area contributed by atoms with Crippen molar-refractivity contribution in [2.75, 3.05) is 11.4 Å². The molecule has 1 atom stereocenters. The van der Waals surface area contributed by atoms with Crippen molar-refractivity contribution < 1.29 is 49.2 Å². The van der Waals surface area contributed by atoms with Gasteiger partial charge in [0.15, 0.2) is 28.2 Å². The lowest BCUT2D eigenvalue weighted by molar-refractivity contribution is -0.125. The van der Waals surface area contributed by atoms with E-state index in [2.05, 4.69) is 5.48 Å². The van der Waals surface area contributed by atoms with Crippen molar-refractivity contribution in [3.63, 3.8) is 0 Å². The number of nitrogens with one attached hydrogen (secondary N) is 1. The molecule has 264 valence electrons. The van der Waals surface area contributed by atoms with E-state index in [4.69, 9.17) is 4.84 Å². The Kier molecular flexibility index (Phi) is 10.4. The van der Waals surface area contributed by atoms with Crippen molar-refractivity contribution in [2.45, 2.75) is 56.7 Å². The maximum atomic E-state index is 15.8. The average Bonchev–Trinajstić information content (AvgIpc) is 3.05. The molecule has 4 aromatic rings. The number of rotatable bonds is 10. The van der Waals surface area contributed by atoms with Gasteiger partial charge in [-0.05, 0) is 46.7 Å². The summed E-state index contributed by atoms with van der Waals surface area (Å²) in [6.45, 7) is 5.14. The van der Waals surface area contributed by atoms with Crippen LogP contribution in [0.15, 0.2) is 77.7 Å². The molecule has 0 aliphatic carbocycles. The molecule has 0 radical (unpaired) electrons. The largest absolute Gasteiger partial charge is 0.304 e. The lowest BCUT2D eigenvalue weighted by atomic mass is 9.86. The Hall–Kier alpha value is -4.73. The van der Waals surface area contributed by atoms with E-state index in [1.807, 2.05) is 20.8 Å². The van der Waals surface area contributed by atoms with Crippen molar-refractivity contribution in [1.29, 1.82) is 0 Å². The molecule has 0 spiro atoms. The number of hydrogen-bond donors (Lipinski definition) is 1. The van der Waals surface area contributed by atoms with Crippen LogP contribution in [0.2, 0.25) is 0 Å². The SMILES string of the molecule is CC(C)(C)c1ccc(CN(C(=O)C2CCN2S(=O)(=O)c2c(F)c(F)c(F)c(F)c2F)c2ccc(C(=O)NOCc3ccccc3)cc2F)cc1. The Morgan fingerprint density at radius 3 is 1.98 bits per heavy atom. The number of carbonyl (C=O) groups excluding carboxylic acids is 2. The van der Waals surface area contributed by atoms with Gasteiger partial charge in [-0.25, -0.2) is 40.2 Å². The quantitative estimate of drug-likeness (QED) is 0.0855. The highest BCUT2D eigenvalue weighted by molar-refractivity contribution is 7.89. The van der Waals surface area contributed by atoms with E-state index in [1.54, 1.807) is 54.6 Å². The molecule has 0 bridgehead atoms. The number of nitrogens with zero attached hydrogens (tertiary/aromatic N) is 2. The minimum atomic E-state index is -5.46. The van der Waals surface area contributed by atoms with E-state index in [0.29, 0.717) is 9.87 Å². The zero-order chi connectivity index (χ0) is 36.5. The fourth-order valence-corrected chi connectivity index (χ4v) is 7.01. The van der Waals surface area contributed by atoms with Crippen molar-refractivity contribution in [1.82, 2.24) is 9.79 Å². The van der Waals surface area contributed by atoms with Crippen LogP contribution in [0.5, 0.6) is 0 Å². The van der Waals surface area contributed by atoms with Crippen LogP contribution in [-0.4, -0.2) is 37.1 Å². The third-order valence-electron chi connectivity index (χ3n) is 8.17. The summed E-state index contributed by atoms with van der Waals surface area (Å²) in [5.74, 6) is -15.6. The van der Waals surface area contributed by atoms with Gasteiger partial charge in [0.2, 0.25) is 21.7 Å². The Balaban J connectivity index is 1.45. The molecule has 0 saturated carbocycles. The molecule has 5 rings (SSSR count). The van der Waals surface area contributed by atoms with Crippen molar-refractivity contribution in [3.05, 3.63) is 130 Å². The summed E-state index contributed by atoms with van der Waals surface area (Å²) in [4.78, 5) is 30.7. The lowest BCUT2D eigenvalue weighted by Gasteiger charge is -2.41. The molecule has 1 heterocycles. The fourth-order valence-electron chi connectivity index (χ4n) is 5.27. The minimum Gasteiger partial charge on any atom is -0.304 e. The van der Waals surface area contributed by atoms with E-state index in [0.717, 1.165) is 28.2 Å². The van der Waals surface area contributed by atoms with Gasteiger partial charge in [-0.3, -0.25) is 14.4 Å². The van der Waals surface area contributed by atoms with Crippen LogP contribution >= 0.6 is 0 Å². The van der Waals surface area contributed by atoms with E-state index in [1.165, 1.54) is 6.07 Å². The zero-order valence-electron chi connectivity index (χ0n) is 26.9. The van der Waals surface area contributed by atoms with Gasteiger partial charge in [0.1, 0.15) is 11.9 Å². The number of anilines is 1. The zero-order valence-corrected chi connectivity index (χ0v) is 27.8. The minimum absolute atomic E-state index is 0.0230. The van der Waals surface area contributed by atoms with E-state index < -0.39 is 74.2 Å². The molecule has 4 aromatic carbocycles. The molecule has 1 N–H and O–H groups in total. The number of sulfonamides is 1. The second kappa shape index (κ2) is 14.2. The van der Waals surface area contributed by atoms with Gasteiger partial charge >= 0.3 is 0 Å². The second-order valence-electron chi connectivity index (χ2n) is 12.6. The molecule has 1 aliphatic rings. The Morgan fingerprint density at radius 2 is 1.44 bits per heavy atom. The first-order chi connectivity index (χ1) is 23.5. The van der Waals surface area contributed by atoms with Crippen LogP contribution in [0, 0.1) is 34.9 Å². The van der Waals surface area contributed by atoms with Crippen LogP contribution in [0.3, 0.4) is 0 Å². The highest BCUT2D eigenvalue weighted by Gasteiger charge is 2.48. The summed E-state index contributed by atoms with van der Waals surface area (Å²) in [5.41, 5.74) is 3.59. The summed E-state index contributed by atoms with van der Waals surface area (Å²) in [7, 11) is -5.46. The molecule has 2 amide bonds. The molecule has 15 heteroatoms. The molecule has 1 aliphatic heterocycles. The van der Waals surface area contributed by atoms with Gasteiger partial charge in [-0.1, -0.05) is 75.4 Å². The summed E-state index contributed by atoms with van der Waals surface area (Å²) in [5, 5.41) is 0. The third kappa shape index (κ3) is 7.25. The monoisotopic (exact) mass is 719 g/mol. The van der Waals surface area contributed by atoms with Crippen LogP contribution in [0.1, 0.15) is 54.2 Å². The van der Waals surface area contributed by atoms with Gasteiger partial charge in [-0.15, -0.1) is 0 Å². The molecular weight excluding hydrogens is 688 g/mol. The predicted octanol–water partition coefficient (Wildman–Crippen LogP) is 6.68.